The van der Waals surface area contributed by atoms with Crippen LogP contribution in [-0.4, -0.2) is 23.1 Å². The molecule has 1 aromatic rings. The Labute approximate surface area is 92.8 Å². The van der Waals surface area contributed by atoms with Gasteiger partial charge in [-0.2, -0.15) is 0 Å². The van der Waals surface area contributed by atoms with Crippen molar-refractivity contribution in [1.82, 2.24) is 9.97 Å². The van der Waals surface area contributed by atoms with Crippen LogP contribution in [0.4, 0.5) is 14.7 Å². The van der Waals surface area contributed by atoms with Crippen LogP contribution in [-0.2, 0) is 0 Å². The number of aromatic nitrogens is 2. The first-order valence-corrected chi connectivity index (χ1v) is 5.17. The summed E-state index contributed by atoms with van der Waals surface area (Å²) in [6.07, 6.45) is 3.01. The minimum absolute atomic E-state index is 0.131. The zero-order valence-electron chi connectivity index (χ0n) is 9.03. The second-order valence-corrected chi connectivity index (χ2v) is 3.88. The maximum Gasteiger partial charge on any atom is 0.266 e. The topological polar surface area (TPSA) is 29.0 Å². The lowest BCUT2D eigenvalue weighted by atomic mass is 10.1. The molecule has 0 aromatic carbocycles. The van der Waals surface area contributed by atoms with E-state index in [2.05, 4.69) is 16.0 Å². The summed E-state index contributed by atoms with van der Waals surface area (Å²) in [5, 5.41) is 0. The van der Waals surface area contributed by atoms with E-state index in [4.69, 9.17) is 0 Å². The normalized spacial score (nSPS) is 16.5. The molecule has 0 amide bonds. The number of hydrogen-bond donors (Lipinski definition) is 0. The fourth-order valence-corrected chi connectivity index (χ4v) is 1.69. The summed E-state index contributed by atoms with van der Waals surface area (Å²) in [7, 11) is 0. The van der Waals surface area contributed by atoms with Gasteiger partial charge in [0.25, 0.3) is 6.43 Å². The van der Waals surface area contributed by atoms with Gasteiger partial charge in [0.2, 0.25) is 5.95 Å². The van der Waals surface area contributed by atoms with Crippen molar-refractivity contribution in [3.05, 3.63) is 29.6 Å². The first-order valence-electron chi connectivity index (χ1n) is 5.17. The third kappa shape index (κ3) is 2.35. The van der Waals surface area contributed by atoms with Gasteiger partial charge in [0, 0.05) is 25.5 Å². The van der Waals surface area contributed by atoms with Gasteiger partial charge in [-0.3, -0.25) is 0 Å². The second kappa shape index (κ2) is 4.55. The van der Waals surface area contributed by atoms with Crippen LogP contribution in [0.5, 0.6) is 0 Å². The SMILES string of the molecule is CC1=CCCN(c2ncc(C(F)F)cn2)C1. The monoisotopic (exact) mass is 225 g/mol. The summed E-state index contributed by atoms with van der Waals surface area (Å²) in [5.41, 5.74) is 1.13. The maximum absolute atomic E-state index is 12.3. The summed E-state index contributed by atoms with van der Waals surface area (Å²) < 4.78 is 24.6. The van der Waals surface area contributed by atoms with E-state index in [-0.39, 0.29) is 5.56 Å². The molecule has 0 N–H and O–H groups in total. The fourth-order valence-electron chi connectivity index (χ4n) is 1.69. The van der Waals surface area contributed by atoms with Gasteiger partial charge >= 0.3 is 0 Å². The lowest BCUT2D eigenvalue weighted by Gasteiger charge is -2.25. The predicted molar refractivity (Wildman–Crippen MR) is 57.6 cm³/mol. The van der Waals surface area contributed by atoms with Crippen molar-refractivity contribution in [1.29, 1.82) is 0 Å². The Morgan fingerprint density at radius 3 is 2.56 bits per heavy atom. The number of hydrogen-bond acceptors (Lipinski definition) is 3. The standard InChI is InChI=1S/C11H13F2N3/c1-8-3-2-4-16(7-8)11-14-5-9(6-15-11)10(12)13/h3,5-6,10H,2,4,7H2,1H3. The maximum atomic E-state index is 12.3. The van der Waals surface area contributed by atoms with Crippen LogP contribution in [0.2, 0.25) is 0 Å². The van der Waals surface area contributed by atoms with Crippen LogP contribution in [0.15, 0.2) is 24.0 Å². The number of rotatable bonds is 2. The van der Waals surface area contributed by atoms with Crippen LogP contribution in [0, 0.1) is 0 Å². The summed E-state index contributed by atoms with van der Waals surface area (Å²) >= 11 is 0. The van der Waals surface area contributed by atoms with Gasteiger partial charge in [-0.1, -0.05) is 11.6 Å². The van der Waals surface area contributed by atoms with Gasteiger partial charge in [0.1, 0.15) is 0 Å². The Kier molecular flexibility index (Phi) is 3.12. The molecule has 1 aliphatic heterocycles. The van der Waals surface area contributed by atoms with Crippen LogP contribution in [0.25, 0.3) is 0 Å². The summed E-state index contributed by atoms with van der Waals surface area (Å²) in [4.78, 5) is 9.92. The zero-order valence-corrected chi connectivity index (χ0v) is 9.03. The largest absolute Gasteiger partial charge is 0.337 e. The molecule has 0 fully saturated rings. The summed E-state index contributed by atoms with van der Waals surface area (Å²) in [6.45, 7) is 3.65. The highest BCUT2D eigenvalue weighted by atomic mass is 19.3. The molecular formula is C11H13F2N3. The van der Waals surface area contributed by atoms with Crippen LogP contribution >= 0.6 is 0 Å². The van der Waals surface area contributed by atoms with Gasteiger partial charge in [0.05, 0.1) is 5.56 Å². The number of halogens is 2. The zero-order chi connectivity index (χ0) is 11.5. The van der Waals surface area contributed by atoms with Gasteiger partial charge in [-0.15, -0.1) is 0 Å². The van der Waals surface area contributed by atoms with E-state index >= 15 is 0 Å². The quantitative estimate of drug-likeness (QED) is 0.724. The van der Waals surface area contributed by atoms with Gasteiger partial charge < -0.3 is 4.90 Å². The lowest BCUT2D eigenvalue weighted by Crippen LogP contribution is -2.30. The summed E-state index contributed by atoms with van der Waals surface area (Å²) in [5.74, 6) is 0.525. The first kappa shape index (κ1) is 11.0. The Balaban J connectivity index is 2.13. The van der Waals surface area contributed by atoms with Crippen LogP contribution < -0.4 is 4.90 Å². The highest BCUT2D eigenvalue weighted by Gasteiger charge is 2.14. The number of alkyl halides is 2. The molecular weight excluding hydrogens is 212 g/mol. The molecule has 0 saturated heterocycles. The van der Waals surface area contributed by atoms with Crippen LogP contribution in [0.1, 0.15) is 25.3 Å². The van der Waals surface area contributed by atoms with E-state index in [1.807, 2.05) is 11.8 Å². The molecule has 86 valence electrons. The van der Waals surface area contributed by atoms with E-state index in [1.54, 1.807) is 0 Å². The smallest absolute Gasteiger partial charge is 0.266 e. The van der Waals surface area contributed by atoms with E-state index in [9.17, 15) is 8.78 Å². The van der Waals surface area contributed by atoms with Crippen LogP contribution in [0.3, 0.4) is 0 Å². The molecule has 16 heavy (non-hydrogen) atoms. The fraction of sp³-hybridized carbons (Fsp3) is 0.455. The molecule has 3 nitrogen and oxygen atoms in total. The van der Waals surface area contributed by atoms with Crippen molar-refractivity contribution in [2.24, 2.45) is 0 Å². The molecule has 0 unspecified atom stereocenters. The highest BCUT2D eigenvalue weighted by molar-refractivity contribution is 5.34. The molecule has 0 radical (unpaired) electrons. The third-order valence-corrected chi connectivity index (χ3v) is 2.53. The third-order valence-electron chi connectivity index (χ3n) is 2.53. The minimum Gasteiger partial charge on any atom is -0.337 e. The van der Waals surface area contributed by atoms with Crippen molar-refractivity contribution in [2.75, 3.05) is 18.0 Å². The molecule has 0 aliphatic carbocycles. The highest BCUT2D eigenvalue weighted by Crippen LogP contribution is 2.19. The van der Waals surface area contributed by atoms with Crippen molar-refractivity contribution in [2.45, 2.75) is 19.8 Å². The first-order chi connectivity index (χ1) is 7.66. The average molecular weight is 225 g/mol. The Morgan fingerprint density at radius 2 is 2.00 bits per heavy atom. The van der Waals surface area contributed by atoms with E-state index in [1.165, 1.54) is 18.0 Å². The van der Waals surface area contributed by atoms with E-state index in [0.29, 0.717) is 5.95 Å². The Bertz CT molecular complexity index is 387. The Morgan fingerprint density at radius 1 is 1.31 bits per heavy atom. The lowest BCUT2D eigenvalue weighted by molar-refractivity contribution is 0.150. The van der Waals surface area contributed by atoms with Crippen molar-refractivity contribution in [3.63, 3.8) is 0 Å². The van der Waals surface area contributed by atoms with Gasteiger partial charge in [-0.25, -0.2) is 18.7 Å². The second-order valence-electron chi connectivity index (χ2n) is 3.88. The van der Waals surface area contributed by atoms with Crippen molar-refractivity contribution in [3.8, 4) is 0 Å². The van der Waals surface area contributed by atoms with Gasteiger partial charge in [-0.05, 0) is 13.3 Å². The molecule has 0 saturated carbocycles. The predicted octanol–water partition coefficient (Wildman–Crippen LogP) is 2.57. The average Bonchev–Trinajstić information content (AvgIpc) is 2.29. The molecule has 2 rings (SSSR count). The molecule has 1 aromatic heterocycles. The molecule has 0 bridgehead atoms. The molecule has 2 heterocycles. The Hall–Kier alpha value is -1.52. The number of nitrogens with zero attached hydrogens (tertiary/aromatic N) is 3. The van der Waals surface area contributed by atoms with Gasteiger partial charge in [0.15, 0.2) is 0 Å². The van der Waals surface area contributed by atoms with E-state index < -0.39 is 6.43 Å². The summed E-state index contributed by atoms with van der Waals surface area (Å²) in [6, 6.07) is 0. The van der Waals surface area contributed by atoms with Crippen molar-refractivity contribution < 1.29 is 8.78 Å². The van der Waals surface area contributed by atoms with E-state index in [0.717, 1.165) is 19.5 Å². The van der Waals surface area contributed by atoms with Crippen molar-refractivity contribution >= 4 is 5.95 Å². The molecule has 0 spiro atoms. The molecule has 5 heteroatoms. The minimum atomic E-state index is -2.50. The molecule has 0 atom stereocenters. The molecule has 1 aliphatic rings. The number of anilines is 1.